The van der Waals surface area contributed by atoms with Gasteiger partial charge in [-0.2, -0.15) is 4.39 Å². The van der Waals surface area contributed by atoms with Crippen LogP contribution in [-0.4, -0.2) is 60.2 Å². The summed E-state index contributed by atoms with van der Waals surface area (Å²) in [7, 11) is 0. The van der Waals surface area contributed by atoms with Gasteiger partial charge >= 0.3 is 0 Å². The molecule has 11 heteroatoms. The van der Waals surface area contributed by atoms with Crippen LogP contribution in [0.25, 0.3) is 0 Å². The summed E-state index contributed by atoms with van der Waals surface area (Å²) in [6.07, 6.45) is 11.3. The number of anilines is 1. The summed E-state index contributed by atoms with van der Waals surface area (Å²) in [6.45, 7) is 9.09. The molecule has 7 nitrogen and oxygen atoms in total. The molecule has 1 amide bonds. The lowest BCUT2D eigenvalue weighted by atomic mass is 9.98. The van der Waals surface area contributed by atoms with Crippen molar-refractivity contribution in [1.82, 2.24) is 9.88 Å². The summed E-state index contributed by atoms with van der Waals surface area (Å²) in [5.41, 5.74) is 1.78. The first-order chi connectivity index (χ1) is 17.1. The van der Waals surface area contributed by atoms with E-state index in [0.29, 0.717) is 35.1 Å². The number of carbonyl (C=O) groups excluding carboxylic acids is 1. The molecule has 196 valence electrons. The fraction of sp³-hybridized carbons (Fsp3) is 0.440. The number of allylic oxidation sites excluding steroid dienone is 3. The standard InChI is InChI=1S/C25H32FI2N5O2S/c1-5-12-29-16-18(3)33(17-34)15-11-20(6-2)30-24(36-4)21-7-8-22(31-23(21)26)32-13-9-19(10-14-32)25(27,28)35/h5-8,12,16-17,19,35H,1,9-11,13-15H2,2-4H3/b18-16+,20-6+,29-12?,30-24?. The zero-order chi connectivity index (χ0) is 26.7. The van der Waals surface area contributed by atoms with Gasteiger partial charge in [0.25, 0.3) is 0 Å². The summed E-state index contributed by atoms with van der Waals surface area (Å²) in [5.74, 6) is 0.226. The second-order valence-corrected chi connectivity index (χ2v) is 14.3. The van der Waals surface area contributed by atoms with Gasteiger partial charge in [-0.3, -0.25) is 9.79 Å². The minimum atomic E-state index is -0.768. The predicted molar refractivity (Wildman–Crippen MR) is 166 cm³/mol. The van der Waals surface area contributed by atoms with Gasteiger partial charge in [-0.05, 0) is 90.3 Å². The minimum absolute atomic E-state index is 0.197. The number of aromatic nitrogens is 1. The van der Waals surface area contributed by atoms with Gasteiger partial charge in [-0.1, -0.05) is 18.7 Å². The Balaban J connectivity index is 2.12. The molecule has 2 rings (SSSR count). The van der Waals surface area contributed by atoms with Crippen molar-refractivity contribution in [1.29, 1.82) is 0 Å². The number of hydrogen-bond acceptors (Lipinski definition) is 7. The number of aliphatic imine (C=N–C) groups is 2. The number of amides is 1. The van der Waals surface area contributed by atoms with Crippen LogP contribution < -0.4 is 4.90 Å². The van der Waals surface area contributed by atoms with Crippen LogP contribution in [0.3, 0.4) is 0 Å². The third-order valence-corrected chi connectivity index (χ3v) is 8.25. The summed E-state index contributed by atoms with van der Waals surface area (Å²) in [5, 5.41) is 10.8. The number of nitrogens with zero attached hydrogens (tertiary/aromatic N) is 5. The van der Waals surface area contributed by atoms with Gasteiger partial charge in [0.15, 0.2) is 1.61 Å². The van der Waals surface area contributed by atoms with Crippen LogP contribution in [0.1, 0.15) is 38.7 Å². The van der Waals surface area contributed by atoms with E-state index in [1.807, 2.05) is 25.3 Å². The van der Waals surface area contributed by atoms with Crippen molar-refractivity contribution >= 4 is 80.4 Å². The maximum absolute atomic E-state index is 15.1. The molecule has 1 N–H and O–H groups in total. The van der Waals surface area contributed by atoms with E-state index in [4.69, 9.17) is 0 Å². The van der Waals surface area contributed by atoms with Gasteiger partial charge in [0.05, 0.1) is 5.56 Å². The molecule has 1 aromatic rings. The maximum atomic E-state index is 15.1. The van der Waals surface area contributed by atoms with E-state index >= 15 is 4.39 Å². The number of hydrogen-bond donors (Lipinski definition) is 1. The summed E-state index contributed by atoms with van der Waals surface area (Å²) in [6, 6.07) is 3.55. The number of thioether (sulfide) groups is 1. The zero-order valence-corrected chi connectivity index (χ0v) is 25.8. The van der Waals surface area contributed by atoms with E-state index in [2.05, 4.69) is 71.6 Å². The minimum Gasteiger partial charge on any atom is -0.370 e. The van der Waals surface area contributed by atoms with E-state index in [1.54, 1.807) is 36.4 Å². The molecule has 0 atom stereocenters. The lowest BCUT2D eigenvalue weighted by Gasteiger charge is -2.36. The SMILES string of the molecule is C=CC=N/C=C(\C)N(C=O)CC/C(=C\C)N=C(SC)c1ccc(N2CCC(C(O)(I)I)CC2)nc1F. The van der Waals surface area contributed by atoms with Crippen LogP contribution in [0.4, 0.5) is 10.2 Å². The van der Waals surface area contributed by atoms with Crippen molar-refractivity contribution in [2.24, 2.45) is 15.9 Å². The first kappa shape index (κ1) is 30.9. The Labute approximate surface area is 244 Å². The number of halogens is 3. The largest absolute Gasteiger partial charge is 0.370 e. The number of alkyl halides is 2. The Morgan fingerprint density at radius 2 is 2.11 bits per heavy atom. The van der Waals surface area contributed by atoms with Gasteiger partial charge in [-0.25, -0.2) is 9.98 Å². The molecular weight excluding hydrogens is 707 g/mol. The average Bonchev–Trinajstić information content (AvgIpc) is 2.86. The number of aliphatic hydroxyl groups is 1. The van der Waals surface area contributed by atoms with E-state index in [-0.39, 0.29) is 5.92 Å². The Hall–Kier alpha value is -1.32. The lowest BCUT2D eigenvalue weighted by Crippen LogP contribution is -2.39. The molecule has 1 saturated heterocycles. The average molecular weight is 739 g/mol. The van der Waals surface area contributed by atoms with Crippen molar-refractivity contribution in [3.05, 3.63) is 60.0 Å². The van der Waals surface area contributed by atoms with Crippen molar-refractivity contribution in [2.45, 2.75) is 34.7 Å². The van der Waals surface area contributed by atoms with Crippen molar-refractivity contribution in [2.75, 3.05) is 30.8 Å². The smallest absolute Gasteiger partial charge is 0.224 e. The third kappa shape index (κ3) is 9.21. The Bertz CT molecular complexity index is 1030. The first-order valence-corrected chi connectivity index (χ1v) is 14.9. The fourth-order valence-corrected chi connectivity index (χ4v) is 5.49. The molecule has 0 spiro atoms. The molecule has 1 aliphatic heterocycles. The van der Waals surface area contributed by atoms with Gasteiger partial charge in [0.2, 0.25) is 12.4 Å². The molecule has 1 fully saturated rings. The zero-order valence-electron chi connectivity index (χ0n) is 20.7. The van der Waals surface area contributed by atoms with Crippen LogP contribution in [0.2, 0.25) is 0 Å². The van der Waals surface area contributed by atoms with E-state index < -0.39 is 7.56 Å². The number of rotatable bonds is 11. The Morgan fingerprint density at radius 3 is 2.64 bits per heavy atom. The van der Waals surface area contributed by atoms with Crippen molar-refractivity contribution in [3.63, 3.8) is 0 Å². The molecule has 2 heterocycles. The molecule has 0 aliphatic carbocycles. The van der Waals surface area contributed by atoms with Crippen LogP contribution in [0, 0.1) is 11.9 Å². The molecule has 0 bridgehead atoms. The van der Waals surface area contributed by atoms with Crippen LogP contribution in [-0.2, 0) is 4.79 Å². The lowest BCUT2D eigenvalue weighted by molar-refractivity contribution is -0.116. The highest BCUT2D eigenvalue weighted by molar-refractivity contribution is 14.2. The summed E-state index contributed by atoms with van der Waals surface area (Å²) in [4.78, 5) is 28.1. The topological polar surface area (TPSA) is 81.4 Å². The number of piperidine rings is 1. The van der Waals surface area contributed by atoms with Crippen molar-refractivity contribution < 1.29 is 14.3 Å². The van der Waals surface area contributed by atoms with Gasteiger partial charge in [0.1, 0.15) is 10.9 Å². The monoisotopic (exact) mass is 739 g/mol. The van der Waals surface area contributed by atoms with Crippen LogP contribution in [0.5, 0.6) is 0 Å². The van der Waals surface area contributed by atoms with Gasteiger partial charge < -0.3 is 14.9 Å². The predicted octanol–water partition coefficient (Wildman–Crippen LogP) is 5.93. The molecule has 0 radical (unpaired) electrons. The normalized spacial score (nSPS) is 16.5. The molecule has 1 aliphatic rings. The van der Waals surface area contributed by atoms with Gasteiger partial charge in [-0.15, -0.1) is 11.8 Å². The highest BCUT2D eigenvalue weighted by atomic mass is 127. The van der Waals surface area contributed by atoms with Crippen molar-refractivity contribution in [3.8, 4) is 0 Å². The molecule has 0 saturated carbocycles. The molecule has 0 aromatic carbocycles. The molecule has 0 unspecified atom stereocenters. The third-order valence-electron chi connectivity index (χ3n) is 5.79. The number of pyridine rings is 1. The highest BCUT2D eigenvalue weighted by Gasteiger charge is 2.34. The van der Waals surface area contributed by atoms with Crippen LogP contribution in [0.15, 0.2) is 58.4 Å². The summed E-state index contributed by atoms with van der Waals surface area (Å²) < 4.78 is 14.3. The van der Waals surface area contributed by atoms with E-state index in [1.165, 1.54) is 11.8 Å². The molecule has 1 aromatic heterocycles. The van der Waals surface area contributed by atoms with E-state index in [9.17, 15) is 9.90 Å². The Morgan fingerprint density at radius 1 is 1.42 bits per heavy atom. The second kappa shape index (κ2) is 15.2. The number of carbonyl (C=O) groups is 1. The van der Waals surface area contributed by atoms with E-state index in [0.717, 1.165) is 38.0 Å². The summed E-state index contributed by atoms with van der Waals surface area (Å²) >= 11 is 5.49. The fourth-order valence-electron chi connectivity index (χ4n) is 3.66. The Kier molecular flexibility index (Phi) is 13.0. The molecule has 36 heavy (non-hydrogen) atoms. The van der Waals surface area contributed by atoms with Crippen LogP contribution >= 0.6 is 56.9 Å². The van der Waals surface area contributed by atoms with Gasteiger partial charge in [0, 0.05) is 55.8 Å². The maximum Gasteiger partial charge on any atom is 0.224 e. The first-order valence-electron chi connectivity index (χ1n) is 11.5. The molecular formula is C25H32FI2N5O2S. The second-order valence-electron chi connectivity index (χ2n) is 8.11. The highest BCUT2D eigenvalue weighted by Crippen LogP contribution is 2.39. The quantitative estimate of drug-likeness (QED) is 0.0761.